The molecule has 0 radical (unpaired) electrons. The summed E-state index contributed by atoms with van der Waals surface area (Å²) in [5.74, 6) is 0.623. The fourth-order valence-corrected chi connectivity index (χ4v) is 3.82. The van der Waals surface area contributed by atoms with E-state index in [9.17, 15) is 5.11 Å². The van der Waals surface area contributed by atoms with Crippen LogP contribution in [0.4, 0.5) is 0 Å². The van der Waals surface area contributed by atoms with Gasteiger partial charge in [-0.3, -0.25) is 0 Å². The van der Waals surface area contributed by atoms with Crippen LogP contribution in [0.15, 0.2) is 15.2 Å². The lowest BCUT2D eigenvalue weighted by atomic mass is 9.78. The lowest BCUT2D eigenvalue weighted by Crippen LogP contribution is -2.32. The Balaban J connectivity index is 1.77. The monoisotopic (exact) mass is 304 g/mol. The molecule has 0 bridgehead atoms. The van der Waals surface area contributed by atoms with Crippen molar-refractivity contribution in [3.8, 4) is 0 Å². The highest BCUT2D eigenvalue weighted by atomic mass is 79.9. The Morgan fingerprint density at radius 2 is 2.31 bits per heavy atom. The van der Waals surface area contributed by atoms with Gasteiger partial charge in [0.1, 0.15) is 0 Å². The minimum Gasteiger partial charge on any atom is -0.388 e. The minimum atomic E-state index is -0.326. The Morgan fingerprint density at radius 1 is 1.56 bits per heavy atom. The second-order valence-electron chi connectivity index (χ2n) is 4.34. The third kappa shape index (κ3) is 2.86. The van der Waals surface area contributed by atoms with Crippen LogP contribution >= 0.6 is 27.3 Å². The van der Waals surface area contributed by atoms with Crippen LogP contribution in [0.3, 0.4) is 0 Å². The van der Waals surface area contributed by atoms with Gasteiger partial charge < -0.3 is 9.84 Å². The molecule has 16 heavy (non-hydrogen) atoms. The zero-order valence-electron chi connectivity index (χ0n) is 9.36. The van der Waals surface area contributed by atoms with Gasteiger partial charge in [-0.2, -0.15) is 11.3 Å². The molecule has 0 aliphatic heterocycles. The fraction of sp³-hybridized carbons (Fsp3) is 0.667. The Labute approximate surface area is 109 Å². The molecule has 4 heteroatoms. The van der Waals surface area contributed by atoms with Crippen LogP contribution in [0, 0.1) is 5.92 Å². The summed E-state index contributed by atoms with van der Waals surface area (Å²) in [4.78, 5) is 0. The maximum absolute atomic E-state index is 10.1. The molecule has 1 aromatic heterocycles. The van der Waals surface area contributed by atoms with Gasteiger partial charge in [0.25, 0.3) is 0 Å². The highest BCUT2D eigenvalue weighted by molar-refractivity contribution is 9.10. The van der Waals surface area contributed by atoms with Crippen molar-refractivity contribution in [3.05, 3.63) is 20.8 Å². The van der Waals surface area contributed by atoms with Crippen molar-refractivity contribution < 1.29 is 9.84 Å². The molecule has 90 valence electrons. The molecule has 2 rings (SSSR count). The number of rotatable bonds is 5. The van der Waals surface area contributed by atoms with Crippen molar-refractivity contribution in [3.63, 3.8) is 0 Å². The Kier molecular flexibility index (Phi) is 4.41. The van der Waals surface area contributed by atoms with Gasteiger partial charge in [0.05, 0.1) is 12.2 Å². The highest BCUT2D eigenvalue weighted by Gasteiger charge is 2.31. The van der Waals surface area contributed by atoms with Gasteiger partial charge in [0.15, 0.2) is 0 Å². The van der Waals surface area contributed by atoms with E-state index in [4.69, 9.17) is 4.74 Å². The van der Waals surface area contributed by atoms with Gasteiger partial charge in [0, 0.05) is 22.0 Å². The van der Waals surface area contributed by atoms with E-state index in [2.05, 4.69) is 15.9 Å². The van der Waals surface area contributed by atoms with Crippen LogP contribution in [0.2, 0.25) is 0 Å². The van der Waals surface area contributed by atoms with Crippen LogP contribution in [-0.2, 0) is 4.74 Å². The molecule has 0 spiro atoms. The van der Waals surface area contributed by atoms with Crippen LogP contribution in [-0.4, -0.2) is 17.8 Å². The van der Waals surface area contributed by atoms with E-state index in [1.54, 1.807) is 11.3 Å². The first kappa shape index (κ1) is 12.6. The summed E-state index contributed by atoms with van der Waals surface area (Å²) in [7, 11) is 0. The number of aliphatic hydroxyl groups excluding tert-OH is 1. The summed E-state index contributed by atoms with van der Waals surface area (Å²) < 4.78 is 6.55. The normalized spacial score (nSPS) is 26.4. The van der Waals surface area contributed by atoms with Crippen LogP contribution in [0.5, 0.6) is 0 Å². The zero-order valence-corrected chi connectivity index (χ0v) is 11.8. The van der Waals surface area contributed by atoms with Gasteiger partial charge in [-0.15, -0.1) is 0 Å². The van der Waals surface area contributed by atoms with Gasteiger partial charge in [-0.25, -0.2) is 0 Å². The molecule has 1 saturated carbocycles. The zero-order chi connectivity index (χ0) is 11.5. The molecule has 1 aromatic rings. The summed E-state index contributed by atoms with van der Waals surface area (Å²) in [6, 6.07) is 0. The average Bonchev–Trinajstić information content (AvgIpc) is 2.61. The molecule has 0 amide bonds. The van der Waals surface area contributed by atoms with Crippen molar-refractivity contribution in [2.75, 3.05) is 6.61 Å². The van der Waals surface area contributed by atoms with Crippen molar-refractivity contribution in [2.24, 2.45) is 5.92 Å². The van der Waals surface area contributed by atoms with E-state index in [0.717, 1.165) is 35.9 Å². The van der Waals surface area contributed by atoms with E-state index < -0.39 is 0 Å². The van der Waals surface area contributed by atoms with Crippen LogP contribution in [0.25, 0.3) is 0 Å². The fourth-order valence-electron chi connectivity index (χ4n) is 2.21. The smallest absolute Gasteiger partial charge is 0.0811 e. The summed E-state index contributed by atoms with van der Waals surface area (Å²) in [6.07, 6.45) is 3.18. The molecular formula is C12H17BrO2S. The maximum Gasteiger partial charge on any atom is 0.0811 e. The molecular weight excluding hydrogens is 288 g/mol. The predicted molar refractivity (Wildman–Crippen MR) is 69.7 cm³/mol. The Hall–Kier alpha value is 0.100. The van der Waals surface area contributed by atoms with E-state index in [1.165, 1.54) is 0 Å². The standard InChI is InChI=1S/C12H17BrO2S/c1-2-15-9-3-8(4-9)5-12(14)10-6-16-7-11(10)13/h6-9,12,14H,2-5H2,1H3. The number of hydrogen-bond acceptors (Lipinski definition) is 3. The Morgan fingerprint density at radius 3 is 2.88 bits per heavy atom. The summed E-state index contributed by atoms with van der Waals surface area (Å²) in [5.41, 5.74) is 1.03. The molecule has 2 nitrogen and oxygen atoms in total. The second-order valence-corrected chi connectivity index (χ2v) is 5.94. The number of halogens is 1. The largest absolute Gasteiger partial charge is 0.388 e. The van der Waals surface area contributed by atoms with Gasteiger partial charge in [-0.05, 0) is 53.4 Å². The topological polar surface area (TPSA) is 29.5 Å². The van der Waals surface area contributed by atoms with E-state index in [0.29, 0.717) is 12.0 Å². The first-order chi connectivity index (χ1) is 7.70. The summed E-state index contributed by atoms with van der Waals surface area (Å²) in [6.45, 7) is 2.83. The summed E-state index contributed by atoms with van der Waals surface area (Å²) in [5, 5.41) is 14.1. The number of hydrogen-bond donors (Lipinski definition) is 1. The molecule has 0 saturated heterocycles. The lowest BCUT2D eigenvalue weighted by molar-refractivity contribution is -0.0380. The number of ether oxygens (including phenoxy) is 1. The lowest BCUT2D eigenvalue weighted by Gasteiger charge is -2.36. The van der Waals surface area contributed by atoms with Crippen molar-refractivity contribution in [1.29, 1.82) is 0 Å². The van der Waals surface area contributed by atoms with Crippen molar-refractivity contribution in [2.45, 2.75) is 38.4 Å². The third-order valence-corrected chi connectivity index (χ3v) is 4.90. The molecule has 1 atom stereocenters. The van der Waals surface area contributed by atoms with Gasteiger partial charge >= 0.3 is 0 Å². The third-order valence-electron chi connectivity index (χ3n) is 3.15. The van der Waals surface area contributed by atoms with Crippen LogP contribution < -0.4 is 0 Å². The second kappa shape index (κ2) is 5.63. The molecule has 0 aromatic carbocycles. The SMILES string of the molecule is CCOC1CC(CC(O)c2cscc2Br)C1. The molecule has 1 heterocycles. The molecule has 1 fully saturated rings. The summed E-state index contributed by atoms with van der Waals surface area (Å²) >= 11 is 5.08. The molecule has 1 aliphatic rings. The van der Waals surface area contributed by atoms with Gasteiger partial charge in [0.2, 0.25) is 0 Å². The Bertz CT molecular complexity index is 334. The maximum atomic E-state index is 10.1. The number of aliphatic hydroxyl groups is 1. The number of thiophene rings is 1. The first-order valence-corrected chi connectivity index (χ1v) is 7.45. The average molecular weight is 305 g/mol. The van der Waals surface area contributed by atoms with Crippen molar-refractivity contribution in [1.82, 2.24) is 0 Å². The van der Waals surface area contributed by atoms with E-state index in [1.807, 2.05) is 17.7 Å². The molecule has 1 unspecified atom stereocenters. The van der Waals surface area contributed by atoms with Crippen LogP contribution in [0.1, 0.15) is 37.9 Å². The van der Waals surface area contributed by atoms with E-state index in [-0.39, 0.29) is 6.10 Å². The molecule has 1 N–H and O–H groups in total. The predicted octanol–water partition coefficient (Wildman–Crippen LogP) is 3.75. The quantitative estimate of drug-likeness (QED) is 0.898. The van der Waals surface area contributed by atoms with Gasteiger partial charge in [-0.1, -0.05) is 0 Å². The minimum absolute atomic E-state index is 0.326. The van der Waals surface area contributed by atoms with Crippen molar-refractivity contribution >= 4 is 27.3 Å². The molecule has 1 aliphatic carbocycles. The van der Waals surface area contributed by atoms with E-state index >= 15 is 0 Å². The highest BCUT2D eigenvalue weighted by Crippen LogP contribution is 2.39. The first-order valence-electron chi connectivity index (χ1n) is 5.72.